The summed E-state index contributed by atoms with van der Waals surface area (Å²) in [5.74, 6) is -2.50. The lowest BCUT2D eigenvalue weighted by Gasteiger charge is -2.15. The highest BCUT2D eigenvalue weighted by Gasteiger charge is 2.14. The van der Waals surface area contributed by atoms with E-state index in [0.29, 0.717) is 0 Å². The van der Waals surface area contributed by atoms with Gasteiger partial charge in [0, 0.05) is 26.0 Å². The van der Waals surface area contributed by atoms with E-state index >= 15 is 0 Å². The lowest BCUT2D eigenvalue weighted by molar-refractivity contribution is -0.144. The van der Waals surface area contributed by atoms with Crippen LogP contribution >= 0.6 is 0 Å². The molecule has 0 radical (unpaired) electrons. The lowest BCUT2D eigenvalue weighted by atomic mass is 10.2. The van der Waals surface area contributed by atoms with E-state index in [9.17, 15) is 9.59 Å². The van der Waals surface area contributed by atoms with Crippen molar-refractivity contribution in [2.75, 3.05) is 20.3 Å². The van der Waals surface area contributed by atoms with Crippen LogP contribution in [0, 0.1) is 0 Å². The highest BCUT2D eigenvalue weighted by molar-refractivity contribution is 5.80. The standard InChI is InChI=1S/C7H12N2.C4H7NO4/c1-3-4-9-6-5-8(2)7-9;5-2(4(8)9)1-3(6)7/h3,5-6H,1,4,7H2,2H3;2H,1,5H2,(H,6,7)(H,8,9)/t;2-/m.0/s1. The lowest BCUT2D eigenvalue weighted by Crippen LogP contribution is -2.32. The molecule has 102 valence electrons. The summed E-state index contributed by atoms with van der Waals surface area (Å²) < 4.78 is 0. The summed E-state index contributed by atoms with van der Waals surface area (Å²) in [7, 11) is 2.06. The summed E-state index contributed by atoms with van der Waals surface area (Å²) in [5, 5.41) is 16.0. The van der Waals surface area contributed by atoms with Gasteiger partial charge in [0.15, 0.2) is 0 Å². The number of nitrogens with zero attached hydrogens (tertiary/aromatic N) is 2. The molecule has 1 atom stereocenters. The molecular formula is C11H19N3O4. The smallest absolute Gasteiger partial charge is 0.321 e. The highest BCUT2D eigenvalue weighted by atomic mass is 16.4. The molecular weight excluding hydrogens is 238 g/mol. The van der Waals surface area contributed by atoms with Crippen LogP contribution in [-0.4, -0.2) is 58.3 Å². The Morgan fingerprint density at radius 1 is 1.50 bits per heavy atom. The van der Waals surface area contributed by atoms with Gasteiger partial charge in [-0.2, -0.15) is 0 Å². The van der Waals surface area contributed by atoms with Crippen LogP contribution in [0.1, 0.15) is 6.42 Å². The molecule has 0 aromatic carbocycles. The maximum Gasteiger partial charge on any atom is 0.321 e. The number of carboxylic acids is 2. The fraction of sp³-hybridized carbons (Fsp3) is 0.455. The van der Waals surface area contributed by atoms with Crippen molar-refractivity contribution >= 4 is 11.9 Å². The van der Waals surface area contributed by atoms with Gasteiger partial charge in [-0.25, -0.2) is 0 Å². The van der Waals surface area contributed by atoms with Gasteiger partial charge in [-0.05, 0) is 0 Å². The van der Waals surface area contributed by atoms with Crippen molar-refractivity contribution in [1.82, 2.24) is 9.80 Å². The van der Waals surface area contributed by atoms with Gasteiger partial charge in [0.2, 0.25) is 0 Å². The molecule has 1 heterocycles. The number of nitrogens with two attached hydrogens (primary N) is 1. The quantitative estimate of drug-likeness (QED) is 0.581. The Labute approximate surface area is 106 Å². The van der Waals surface area contributed by atoms with E-state index in [1.165, 1.54) is 0 Å². The largest absolute Gasteiger partial charge is 0.481 e. The number of carboxylic acid groups (broad SMARTS) is 2. The van der Waals surface area contributed by atoms with Gasteiger partial charge >= 0.3 is 11.9 Å². The van der Waals surface area contributed by atoms with Crippen LogP contribution in [0.4, 0.5) is 0 Å². The van der Waals surface area contributed by atoms with Crippen molar-refractivity contribution < 1.29 is 19.8 Å². The predicted octanol–water partition coefficient (Wildman–Crippen LogP) is -0.278. The molecule has 1 aliphatic heterocycles. The van der Waals surface area contributed by atoms with Gasteiger partial charge in [0.1, 0.15) is 6.04 Å². The number of carbonyl (C=O) groups is 2. The molecule has 0 aliphatic carbocycles. The molecule has 7 heteroatoms. The molecule has 1 aliphatic rings. The zero-order valence-corrected chi connectivity index (χ0v) is 10.3. The molecule has 0 unspecified atom stereocenters. The van der Waals surface area contributed by atoms with Crippen LogP contribution in [0.25, 0.3) is 0 Å². The molecule has 1 rings (SSSR count). The fourth-order valence-electron chi connectivity index (χ4n) is 1.15. The summed E-state index contributed by atoms with van der Waals surface area (Å²) in [5.41, 5.74) is 4.84. The molecule has 7 nitrogen and oxygen atoms in total. The molecule has 4 N–H and O–H groups in total. The number of rotatable bonds is 5. The minimum atomic E-state index is -1.29. The highest BCUT2D eigenvalue weighted by Crippen LogP contribution is 2.01. The van der Waals surface area contributed by atoms with E-state index in [1.54, 1.807) is 0 Å². The van der Waals surface area contributed by atoms with Crippen LogP contribution in [0.3, 0.4) is 0 Å². The van der Waals surface area contributed by atoms with Crippen LogP contribution in [0.5, 0.6) is 0 Å². The van der Waals surface area contributed by atoms with E-state index < -0.39 is 24.4 Å². The average molecular weight is 257 g/mol. The Morgan fingerprint density at radius 3 is 2.39 bits per heavy atom. The third-order valence-electron chi connectivity index (χ3n) is 2.01. The minimum Gasteiger partial charge on any atom is -0.481 e. The zero-order chi connectivity index (χ0) is 14.1. The van der Waals surface area contributed by atoms with Crippen molar-refractivity contribution in [2.45, 2.75) is 12.5 Å². The van der Waals surface area contributed by atoms with Crippen molar-refractivity contribution in [1.29, 1.82) is 0 Å². The first-order chi connectivity index (χ1) is 8.36. The van der Waals surface area contributed by atoms with Crippen LogP contribution < -0.4 is 5.73 Å². The molecule has 0 saturated heterocycles. The average Bonchev–Trinajstić information content (AvgIpc) is 2.64. The number of hydrogen-bond acceptors (Lipinski definition) is 5. The van der Waals surface area contributed by atoms with E-state index in [4.69, 9.17) is 15.9 Å². The van der Waals surface area contributed by atoms with Crippen molar-refractivity contribution in [3.63, 3.8) is 0 Å². The van der Waals surface area contributed by atoms with Gasteiger partial charge in [-0.3, -0.25) is 9.59 Å². The molecule has 18 heavy (non-hydrogen) atoms. The van der Waals surface area contributed by atoms with E-state index in [0.717, 1.165) is 13.2 Å². The van der Waals surface area contributed by atoms with Crippen molar-refractivity contribution in [3.05, 3.63) is 25.1 Å². The number of hydrogen-bond donors (Lipinski definition) is 3. The van der Waals surface area contributed by atoms with Gasteiger partial charge < -0.3 is 25.7 Å². The molecule has 0 saturated carbocycles. The molecule has 0 aromatic rings. The summed E-state index contributed by atoms with van der Waals surface area (Å²) in [6, 6.07) is -1.29. The minimum absolute atomic E-state index is 0.532. The van der Waals surface area contributed by atoms with Gasteiger partial charge in [0.25, 0.3) is 0 Å². The van der Waals surface area contributed by atoms with Crippen LogP contribution in [0.2, 0.25) is 0 Å². The fourth-order valence-corrected chi connectivity index (χ4v) is 1.15. The van der Waals surface area contributed by atoms with E-state index in [2.05, 4.69) is 35.8 Å². The Balaban J connectivity index is 0.000000321. The summed E-state index contributed by atoms with van der Waals surface area (Å²) >= 11 is 0. The number of aliphatic carboxylic acids is 2. The molecule has 0 spiro atoms. The maximum absolute atomic E-state index is 9.85. The first kappa shape index (κ1) is 16.0. The first-order valence-electron chi connectivity index (χ1n) is 5.30. The molecule has 0 amide bonds. The first-order valence-corrected chi connectivity index (χ1v) is 5.30. The van der Waals surface area contributed by atoms with E-state index in [1.807, 2.05) is 6.08 Å². The topological polar surface area (TPSA) is 107 Å². The zero-order valence-electron chi connectivity index (χ0n) is 10.3. The van der Waals surface area contributed by atoms with E-state index in [-0.39, 0.29) is 0 Å². The van der Waals surface area contributed by atoms with Gasteiger partial charge in [0.05, 0.1) is 13.1 Å². The third kappa shape index (κ3) is 7.29. The van der Waals surface area contributed by atoms with Crippen molar-refractivity contribution in [2.24, 2.45) is 5.73 Å². The normalized spacial score (nSPS) is 14.8. The molecule has 0 fully saturated rings. The molecule has 0 bridgehead atoms. The van der Waals surface area contributed by atoms with Gasteiger partial charge in [-0.15, -0.1) is 6.58 Å². The second-order valence-corrected chi connectivity index (χ2v) is 3.80. The second-order valence-electron chi connectivity index (χ2n) is 3.80. The SMILES string of the molecule is C=CCN1C=CN(C)C1.N[C@@H](CC(=O)O)C(=O)O. The van der Waals surface area contributed by atoms with Crippen LogP contribution in [-0.2, 0) is 9.59 Å². The summed E-state index contributed by atoms with van der Waals surface area (Å²) in [6.07, 6.45) is 5.50. The molecule has 0 aromatic heterocycles. The second kappa shape index (κ2) is 8.13. The predicted molar refractivity (Wildman–Crippen MR) is 66.5 cm³/mol. The Hall–Kier alpha value is -2.02. The Kier molecular flexibility index (Phi) is 7.22. The monoisotopic (exact) mass is 257 g/mol. The van der Waals surface area contributed by atoms with Crippen LogP contribution in [0.15, 0.2) is 25.1 Å². The Bertz CT molecular complexity index is 330. The van der Waals surface area contributed by atoms with Gasteiger partial charge in [-0.1, -0.05) is 6.08 Å². The summed E-state index contributed by atoms with van der Waals surface area (Å²) in [4.78, 5) is 23.9. The summed E-state index contributed by atoms with van der Waals surface area (Å²) in [6.45, 7) is 5.59. The van der Waals surface area contributed by atoms with Crippen molar-refractivity contribution in [3.8, 4) is 0 Å². The Morgan fingerprint density at radius 2 is 2.11 bits per heavy atom. The third-order valence-corrected chi connectivity index (χ3v) is 2.01. The maximum atomic E-state index is 9.85.